The Hall–Kier alpha value is -3.33. The Bertz CT molecular complexity index is 776. The summed E-state index contributed by atoms with van der Waals surface area (Å²) in [5, 5.41) is 20.9. The molecule has 0 radical (unpaired) electrons. The molecule has 0 bridgehead atoms. The highest BCUT2D eigenvalue weighted by molar-refractivity contribution is 5.96. The van der Waals surface area contributed by atoms with E-state index in [0.717, 1.165) is 5.56 Å². The third-order valence-electron chi connectivity index (χ3n) is 3.00. The van der Waals surface area contributed by atoms with Crippen LogP contribution in [0, 0.1) is 18.3 Å². The largest absolute Gasteiger partial charge is 0.507 e. The minimum Gasteiger partial charge on any atom is -0.507 e. The van der Waals surface area contributed by atoms with Gasteiger partial charge in [0.2, 0.25) is 0 Å². The number of hydrogen-bond donors (Lipinski definition) is 2. The van der Waals surface area contributed by atoms with E-state index in [1.807, 2.05) is 6.07 Å². The van der Waals surface area contributed by atoms with Crippen molar-refractivity contribution in [3.05, 3.63) is 59.2 Å². The Morgan fingerprint density at radius 1 is 1.22 bits per heavy atom. The van der Waals surface area contributed by atoms with E-state index in [1.165, 1.54) is 12.1 Å². The topological polar surface area (TPSA) is 99.4 Å². The number of phenolic OH excluding ortho intramolecular Hbond substituents is 1. The van der Waals surface area contributed by atoms with Crippen molar-refractivity contribution >= 4 is 17.6 Å². The minimum absolute atomic E-state index is 0.0103. The molecule has 2 aromatic rings. The summed E-state index contributed by atoms with van der Waals surface area (Å²) in [5.41, 5.74) is 1.76. The van der Waals surface area contributed by atoms with Gasteiger partial charge in [-0.05, 0) is 43.3 Å². The summed E-state index contributed by atoms with van der Waals surface area (Å²) in [6, 6.07) is 12.8. The van der Waals surface area contributed by atoms with Gasteiger partial charge in [0.15, 0.2) is 6.61 Å². The molecule has 0 unspecified atom stereocenters. The van der Waals surface area contributed by atoms with Gasteiger partial charge in [-0.1, -0.05) is 11.6 Å². The second kappa shape index (κ2) is 7.09. The molecule has 0 atom stereocenters. The van der Waals surface area contributed by atoms with Gasteiger partial charge < -0.3 is 15.2 Å². The fourth-order valence-corrected chi connectivity index (χ4v) is 1.85. The average Bonchev–Trinajstić information content (AvgIpc) is 2.55. The van der Waals surface area contributed by atoms with Crippen LogP contribution < -0.4 is 5.32 Å². The van der Waals surface area contributed by atoms with E-state index < -0.39 is 18.5 Å². The molecular formula is C17H14N2O4. The lowest BCUT2D eigenvalue weighted by molar-refractivity contribution is -0.119. The molecule has 0 heterocycles. The zero-order valence-corrected chi connectivity index (χ0v) is 12.4. The lowest BCUT2D eigenvalue weighted by atomic mass is 10.1. The van der Waals surface area contributed by atoms with Crippen LogP contribution in [-0.4, -0.2) is 23.6 Å². The SMILES string of the molecule is Cc1ccc(O)c(C(=O)OCC(=O)Nc2ccc(C#N)cc2)c1. The van der Waals surface area contributed by atoms with Crippen molar-refractivity contribution in [2.45, 2.75) is 6.92 Å². The number of rotatable bonds is 4. The maximum absolute atomic E-state index is 11.9. The summed E-state index contributed by atoms with van der Waals surface area (Å²) in [7, 11) is 0. The van der Waals surface area contributed by atoms with Crippen LogP contribution in [0.5, 0.6) is 5.75 Å². The van der Waals surface area contributed by atoms with Gasteiger partial charge in [-0.25, -0.2) is 4.79 Å². The highest BCUT2D eigenvalue weighted by Crippen LogP contribution is 2.19. The molecule has 2 N–H and O–H groups in total. The Kier molecular flexibility index (Phi) is 4.95. The van der Waals surface area contributed by atoms with Crippen LogP contribution in [0.15, 0.2) is 42.5 Å². The lowest BCUT2D eigenvalue weighted by Gasteiger charge is -2.08. The lowest BCUT2D eigenvalue weighted by Crippen LogP contribution is -2.21. The third-order valence-corrected chi connectivity index (χ3v) is 3.00. The molecule has 2 aromatic carbocycles. The van der Waals surface area contributed by atoms with Crippen molar-refractivity contribution in [1.29, 1.82) is 5.26 Å². The fraction of sp³-hybridized carbons (Fsp3) is 0.118. The highest BCUT2D eigenvalue weighted by Gasteiger charge is 2.14. The monoisotopic (exact) mass is 310 g/mol. The summed E-state index contributed by atoms with van der Waals surface area (Å²) in [5.74, 6) is -1.50. The van der Waals surface area contributed by atoms with Gasteiger partial charge in [-0.3, -0.25) is 4.79 Å². The summed E-state index contributed by atoms with van der Waals surface area (Å²) in [6.07, 6.45) is 0. The summed E-state index contributed by atoms with van der Waals surface area (Å²) >= 11 is 0. The number of benzene rings is 2. The van der Waals surface area contributed by atoms with Gasteiger partial charge in [-0.15, -0.1) is 0 Å². The molecule has 0 saturated carbocycles. The number of nitrogens with one attached hydrogen (secondary N) is 1. The molecule has 116 valence electrons. The summed E-state index contributed by atoms with van der Waals surface area (Å²) < 4.78 is 4.88. The fourth-order valence-electron chi connectivity index (χ4n) is 1.85. The van der Waals surface area contributed by atoms with Crippen LogP contribution in [0.2, 0.25) is 0 Å². The quantitative estimate of drug-likeness (QED) is 0.845. The van der Waals surface area contributed by atoms with E-state index in [2.05, 4.69) is 5.32 Å². The number of nitriles is 1. The molecule has 0 spiro atoms. The normalized spacial score (nSPS) is 9.74. The van der Waals surface area contributed by atoms with Gasteiger partial charge in [0.25, 0.3) is 5.91 Å². The first-order valence-corrected chi connectivity index (χ1v) is 6.76. The first-order chi connectivity index (χ1) is 11.0. The highest BCUT2D eigenvalue weighted by atomic mass is 16.5. The minimum atomic E-state index is -0.777. The molecule has 0 aliphatic heterocycles. The smallest absolute Gasteiger partial charge is 0.342 e. The Morgan fingerprint density at radius 2 is 1.91 bits per heavy atom. The maximum atomic E-state index is 11.9. The zero-order chi connectivity index (χ0) is 16.8. The van der Waals surface area contributed by atoms with E-state index in [4.69, 9.17) is 10.00 Å². The number of esters is 1. The molecule has 1 amide bonds. The molecule has 0 saturated heterocycles. The Labute approximate surface area is 132 Å². The number of hydrogen-bond acceptors (Lipinski definition) is 5. The van der Waals surface area contributed by atoms with Gasteiger partial charge in [0.1, 0.15) is 11.3 Å². The van der Waals surface area contributed by atoms with E-state index in [-0.39, 0.29) is 11.3 Å². The molecule has 6 nitrogen and oxygen atoms in total. The van der Waals surface area contributed by atoms with Gasteiger partial charge in [-0.2, -0.15) is 5.26 Å². The van der Waals surface area contributed by atoms with Crippen LogP contribution in [0.3, 0.4) is 0 Å². The van der Waals surface area contributed by atoms with E-state index in [1.54, 1.807) is 37.3 Å². The maximum Gasteiger partial charge on any atom is 0.342 e. The second-order valence-corrected chi connectivity index (χ2v) is 4.83. The van der Waals surface area contributed by atoms with Crippen LogP contribution in [-0.2, 0) is 9.53 Å². The number of nitrogens with zero attached hydrogens (tertiary/aromatic N) is 1. The van der Waals surface area contributed by atoms with Crippen molar-refractivity contribution in [1.82, 2.24) is 0 Å². The van der Waals surface area contributed by atoms with Crippen LogP contribution >= 0.6 is 0 Å². The molecule has 6 heteroatoms. The zero-order valence-electron chi connectivity index (χ0n) is 12.4. The van der Waals surface area contributed by atoms with Crippen molar-refractivity contribution in [2.24, 2.45) is 0 Å². The van der Waals surface area contributed by atoms with Crippen molar-refractivity contribution < 1.29 is 19.4 Å². The predicted octanol–water partition coefficient (Wildman–Crippen LogP) is 2.37. The molecule has 2 rings (SSSR count). The van der Waals surface area contributed by atoms with Gasteiger partial charge in [0, 0.05) is 5.69 Å². The number of phenols is 1. The van der Waals surface area contributed by atoms with E-state index >= 15 is 0 Å². The van der Waals surface area contributed by atoms with Crippen molar-refractivity contribution in [3.63, 3.8) is 0 Å². The van der Waals surface area contributed by atoms with Gasteiger partial charge >= 0.3 is 5.97 Å². The Balaban J connectivity index is 1.92. The number of ether oxygens (including phenoxy) is 1. The number of aryl methyl sites for hydroxylation is 1. The molecule has 0 aromatic heterocycles. The van der Waals surface area contributed by atoms with Crippen LogP contribution in [0.1, 0.15) is 21.5 Å². The van der Waals surface area contributed by atoms with Crippen molar-refractivity contribution in [3.8, 4) is 11.8 Å². The molecule has 0 aliphatic rings. The third kappa shape index (κ3) is 4.32. The first-order valence-electron chi connectivity index (χ1n) is 6.76. The molecular weight excluding hydrogens is 296 g/mol. The number of carbonyl (C=O) groups excluding carboxylic acids is 2. The van der Waals surface area contributed by atoms with Crippen molar-refractivity contribution in [2.75, 3.05) is 11.9 Å². The summed E-state index contributed by atoms with van der Waals surface area (Å²) in [6.45, 7) is 1.29. The predicted molar refractivity (Wildman–Crippen MR) is 82.9 cm³/mol. The molecule has 0 fully saturated rings. The van der Waals surface area contributed by atoms with Crippen LogP contribution in [0.4, 0.5) is 5.69 Å². The summed E-state index contributed by atoms with van der Waals surface area (Å²) in [4.78, 5) is 23.6. The van der Waals surface area contributed by atoms with Gasteiger partial charge in [0.05, 0.1) is 11.6 Å². The number of carbonyl (C=O) groups is 2. The first kappa shape index (κ1) is 16.0. The Morgan fingerprint density at radius 3 is 2.57 bits per heavy atom. The van der Waals surface area contributed by atoms with E-state index in [0.29, 0.717) is 11.3 Å². The average molecular weight is 310 g/mol. The standard InChI is InChI=1S/C17H14N2O4/c1-11-2-7-15(20)14(8-11)17(22)23-10-16(21)19-13-5-3-12(9-18)4-6-13/h2-8,20H,10H2,1H3,(H,19,21). The molecule has 23 heavy (non-hydrogen) atoms. The molecule has 0 aliphatic carbocycles. The van der Waals surface area contributed by atoms with E-state index in [9.17, 15) is 14.7 Å². The van der Waals surface area contributed by atoms with Crippen LogP contribution in [0.25, 0.3) is 0 Å². The number of amides is 1. The number of anilines is 1. The number of aromatic hydroxyl groups is 1. The second-order valence-electron chi connectivity index (χ2n) is 4.83.